The van der Waals surface area contributed by atoms with Crippen LogP contribution in [0.5, 0.6) is 0 Å². The van der Waals surface area contributed by atoms with Crippen LogP contribution < -0.4 is 5.32 Å². The zero-order valence-corrected chi connectivity index (χ0v) is 14.8. The standard InChI is InChI=1S/C16H14ClFN6O3/c1-10(23-9-13(7-19-23)24(26)27)16(25)20-15-4-5-22(21-15)8-11-2-3-12(18)6-14(11)17/h2-7,9-10H,8H2,1H3,(H,20,21,25). The smallest absolute Gasteiger partial charge is 0.307 e. The van der Waals surface area contributed by atoms with Crippen molar-refractivity contribution in [3.05, 3.63) is 69.4 Å². The van der Waals surface area contributed by atoms with E-state index in [0.29, 0.717) is 17.9 Å². The van der Waals surface area contributed by atoms with E-state index < -0.39 is 22.7 Å². The Balaban J connectivity index is 1.65. The average molecular weight is 393 g/mol. The van der Waals surface area contributed by atoms with E-state index in [-0.39, 0.29) is 10.7 Å². The van der Waals surface area contributed by atoms with Crippen molar-refractivity contribution in [2.75, 3.05) is 5.32 Å². The van der Waals surface area contributed by atoms with E-state index in [4.69, 9.17) is 11.6 Å². The number of carbonyl (C=O) groups excluding carboxylic acids is 1. The van der Waals surface area contributed by atoms with E-state index in [9.17, 15) is 19.3 Å². The molecule has 9 nitrogen and oxygen atoms in total. The molecule has 1 amide bonds. The molecule has 0 saturated carbocycles. The molecular weight excluding hydrogens is 379 g/mol. The van der Waals surface area contributed by atoms with Gasteiger partial charge < -0.3 is 5.32 Å². The minimum atomic E-state index is -0.768. The van der Waals surface area contributed by atoms with Crippen molar-refractivity contribution in [3.63, 3.8) is 0 Å². The molecule has 2 heterocycles. The molecule has 0 bridgehead atoms. The summed E-state index contributed by atoms with van der Waals surface area (Å²) >= 11 is 6.00. The molecule has 0 aliphatic carbocycles. The Labute approximate surface area is 157 Å². The fraction of sp³-hybridized carbons (Fsp3) is 0.188. The van der Waals surface area contributed by atoms with Gasteiger partial charge in [-0.25, -0.2) is 4.39 Å². The molecule has 0 aliphatic rings. The van der Waals surface area contributed by atoms with Crippen molar-refractivity contribution in [3.8, 4) is 0 Å². The Morgan fingerprint density at radius 3 is 2.89 bits per heavy atom. The highest BCUT2D eigenvalue weighted by molar-refractivity contribution is 6.31. The molecular formula is C16H14ClFN6O3. The normalized spacial score (nSPS) is 12.0. The summed E-state index contributed by atoms with van der Waals surface area (Å²) in [6, 6.07) is 4.90. The quantitative estimate of drug-likeness (QED) is 0.512. The number of amides is 1. The number of nitro groups is 1. The fourth-order valence-electron chi connectivity index (χ4n) is 2.33. The third-order valence-corrected chi connectivity index (χ3v) is 4.17. The first-order chi connectivity index (χ1) is 12.8. The first-order valence-corrected chi connectivity index (χ1v) is 8.18. The van der Waals surface area contributed by atoms with Crippen LogP contribution in [0.25, 0.3) is 0 Å². The largest absolute Gasteiger partial charge is 0.307 e. The van der Waals surface area contributed by atoms with Gasteiger partial charge in [0.2, 0.25) is 5.91 Å². The molecule has 0 radical (unpaired) electrons. The van der Waals surface area contributed by atoms with E-state index in [1.165, 1.54) is 27.7 Å². The van der Waals surface area contributed by atoms with Crippen LogP contribution in [0.1, 0.15) is 18.5 Å². The predicted octanol–water partition coefficient (Wildman–Crippen LogP) is 3.03. The molecule has 2 aromatic heterocycles. The molecule has 0 fully saturated rings. The molecule has 27 heavy (non-hydrogen) atoms. The van der Waals surface area contributed by atoms with E-state index in [2.05, 4.69) is 15.5 Å². The Bertz CT molecular complexity index is 1000. The summed E-state index contributed by atoms with van der Waals surface area (Å²) < 4.78 is 15.8. The predicted molar refractivity (Wildman–Crippen MR) is 95.0 cm³/mol. The zero-order valence-electron chi connectivity index (χ0n) is 14.0. The summed E-state index contributed by atoms with van der Waals surface area (Å²) in [5.41, 5.74) is 0.478. The maximum absolute atomic E-state index is 13.1. The van der Waals surface area contributed by atoms with Crippen LogP contribution in [0.3, 0.4) is 0 Å². The molecule has 140 valence electrons. The van der Waals surface area contributed by atoms with Gasteiger partial charge in [0, 0.05) is 17.3 Å². The van der Waals surface area contributed by atoms with E-state index >= 15 is 0 Å². The number of nitrogens with one attached hydrogen (secondary N) is 1. The summed E-state index contributed by atoms with van der Waals surface area (Å²) in [4.78, 5) is 22.4. The molecule has 3 aromatic rings. The lowest BCUT2D eigenvalue weighted by Crippen LogP contribution is -2.24. The van der Waals surface area contributed by atoms with Crippen LogP contribution >= 0.6 is 11.6 Å². The van der Waals surface area contributed by atoms with Gasteiger partial charge in [0.15, 0.2) is 5.82 Å². The number of nitrogens with zero attached hydrogens (tertiary/aromatic N) is 5. The molecule has 1 unspecified atom stereocenters. The van der Waals surface area contributed by atoms with Crippen molar-refractivity contribution < 1.29 is 14.1 Å². The second-order valence-electron chi connectivity index (χ2n) is 5.74. The van der Waals surface area contributed by atoms with Gasteiger partial charge in [-0.3, -0.25) is 24.3 Å². The van der Waals surface area contributed by atoms with Crippen LogP contribution in [0.15, 0.2) is 42.9 Å². The lowest BCUT2D eigenvalue weighted by atomic mass is 10.2. The monoisotopic (exact) mass is 392 g/mol. The summed E-state index contributed by atoms with van der Waals surface area (Å²) in [5, 5.41) is 21.6. The summed E-state index contributed by atoms with van der Waals surface area (Å²) in [5.74, 6) is -0.560. The number of anilines is 1. The zero-order chi connectivity index (χ0) is 19.6. The maximum atomic E-state index is 13.1. The second kappa shape index (κ2) is 7.54. The van der Waals surface area contributed by atoms with Crippen molar-refractivity contribution in [1.82, 2.24) is 19.6 Å². The molecule has 1 atom stereocenters. The van der Waals surface area contributed by atoms with Crippen LogP contribution in [0.4, 0.5) is 15.9 Å². The SMILES string of the molecule is CC(C(=O)Nc1ccn(Cc2ccc(F)cc2Cl)n1)n1cc([N+](=O)[O-])cn1. The first kappa shape index (κ1) is 18.5. The average Bonchev–Trinajstić information content (AvgIpc) is 3.26. The Morgan fingerprint density at radius 1 is 1.44 bits per heavy atom. The van der Waals surface area contributed by atoms with Crippen LogP contribution in [0.2, 0.25) is 5.02 Å². The summed E-state index contributed by atoms with van der Waals surface area (Å²) in [6.07, 6.45) is 3.89. The topological polar surface area (TPSA) is 108 Å². The number of benzene rings is 1. The third-order valence-electron chi connectivity index (χ3n) is 3.81. The van der Waals surface area contributed by atoms with Gasteiger partial charge in [0.25, 0.3) is 0 Å². The number of halogens is 2. The van der Waals surface area contributed by atoms with Crippen molar-refractivity contribution in [2.24, 2.45) is 0 Å². The number of aromatic nitrogens is 4. The second-order valence-corrected chi connectivity index (χ2v) is 6.14. The van der Waals surface area contributed by atoms with Gasteiger partial charge in [0.1, 0.15) is 24.3 Å². The first-order valence-electron chi connectivity index (χ1n) is 7.80. The van der Waals surface area contributed by atoms with Gasteiger partial charge in [0.05, 0.1) is 11.5 Å². The third kappa shape index (κ3) is 4.29. The minimum Gasteiger partial charge on any atom is -0.307 e. The molecule has 11 heteroatoms. The summed E-state index contributed by atoms with van der Waals surface area (Å²) in [6.45, 7) is 1.86. The van der Waals surface area contributed by atoms with Crippen LogP contribution in [-0.4, -0.2) is 30.4 Å². The highest BCUT2D eigenvalue weighted by Crippen LogP contribution is 2.19. The molecule has 3 rings (SSSR count). The Morgan fingerprint density at radius 2 is 2.22 bits per heavy atom. The van der Waals surface area contributed by atoms with Crippen LogP contribution in [-0.2, 0) is 11.3 Å². The maximum Gasteiger partial charge on any atom is 0.307 e. The molecule has 1 N–H and O–H groups in total. The van der Waals surface area contributed by atoms with E-state index in [0.717, 1.165) is 6.20 Å². The van der Waals surface area contributed by atoms with Gasteiger partial charge >= 0.3 is 5.69 Å². The number of hydrogen-bond acceptors (Lipinski definition) is 5. The van der Waals surface area contributed by atoms with Crippen molar-refractivity contribution in [1.29, 1.82) is 0 Å². The summed E-state index contributed by atoms with van der Waals surface area (Å²) in [7, 11) is 0. The Hall–Kier alpha value is -3.27. The molecule has 1 aromatic carbocycles. The highest BCUT2D eigenvalue weighted by atomic mass is 35.5. The molecule has 0 spiro atoms. The van der Waals surface area contributed by atoms with Crippen molar-refractivity contribution in [2.45, 2.75) is 19.5 Å². The highest BCUT2D eigenvalue weighted by Gasteiger charge is 2.20. The number of hydrogen-bond donors (Lipinski definition) is 1. The molecule has 0 aliphatic heterocycles. The van der Waals surface area contributed by atoms with Gasteiger partial charge in [-0.2, -0.15) is 10.2 Å². The van der Waals surface area contributed by atoms with E-state index in [1.807, 2.05) is 0 Å². The van der Waals surface area contributed by atoms with Gasteiger partial charge in [-0.15, -0.1) is 0 Å². The van der Waals surface area contributed by atoms with Crippen LogP contribution in [0, 0.1) is 15.9 Å². The number of rotatable bonds is 6. The van der Waals surface area contributed by atoms with E-state index in [1.54, 1.807) is 25.3 Å². The minimum absolute atomic E-state index is 0.199. The number of carbonyl (C=O) groups is 1. The lowest BCUT2D eigenvalue weighted by molar-refractivity contribution is -0.385. The Kier molecular flexibility index (Phi) is 5.17. The van der Waals surface area contributed by atoms with Gasteiger partial charge in [-0.05, 0) is 24.6 Å². The fourth-order valence-corrected chi connectivity index (χ4v) is 2.55. The lowest BCUT2D eigenvalue weighted by Gasteiger charge is -2.10. The van der Waals surface area contributed by atoms with Gasteiger partial charge in [-0.1, -0.05) is 17.7 Å². The molecule has 0 saturated heterocycles. The van der Waals surface area contributed by atoms with Crippen molar-refractivity contribution >= 4 is 29.0 Å².